The number of hydrogen-bond acceptors (Lipinski definition) is 4. The molecule has 0 aromatic heterocycles. The molecule has 3 rings (SSSR count). The van der Waals surface area contributed by atoms with Gasteiger partial charge >= 0.3 is 0 Å². The quantitative estimate of drug-likeness (QED) is 0.846. The second-order valence-electron chi connectivity index (χ2n) is 5.80. The van der Waals surface area contributed by atoms with Gasteiger partial charge in [-0.2, -0.15) is 11.8 Å². The van der Waals surface area contributed by atoms with Crippen LogP contribution in [0.2, 0.25) is 0 Å². The first-order valence-electron chi connectivity index (χ1n) is 7.58. The third kappa shape index (κ3) is 3.38. The number of hydrogen-bond donors (Lipinski definition) is 0. The molecule has 1 aromatic carbocycles. The van der Waals surface area contributed by atoms with Crippen molar-refractivity contribution in [2.75, 3.05) is 44.8 Å². The normalized spacial score (nSPS) is 19.8. The Balaban J connectivity index is 1.49. The number of benzene rings is 1. The van der Waals surface area contributed by atoms with E-state index in [-0.39, 0.29) is 23.4 Å². The summed E-state index contributed by atoms with van der Waals surface area (Å²) in [7, 11) is 1.46. The summed E-state index contributed by atoms with van der Waals surface area (Å²) in [5, 5.41) is 0. The largest absolute Gasteiger partial charge is 0.494 e. The highest BCUT2D eigenvalue weighted by Gasteiger charge is 2.35. The van der Waals surface area contributed by atoms with E-state index in [0.717, 1.165) is 43.2 Å². The molecule has 0 bridgehead atoms. The fourth-order valence-electron chi connectivity index (χ4n) is 2.96. The van der Waals surface area contributed by atoms with Gasteiger partial charge in [0.2, 0.25) is 5.91 Å². The van der Waals surface area contributed by atoms with Crippen molar-refractivity contribution < 1.29 is 13.9 Å². The molecular formula is C16H21FN2O2S. The van der Waals surface area contributed by atoms with E-state index in [1.165, 1.54) is 13.2 Å². The maximum Gasteiger partial charge on any atom is 0.228 e. The maximum atomic E-state index is 13.7. The SMILES string of the molecule is COc1ccc(CN2CC(C(=O)N3CCSCC3)C2)cc1F. The van der Waals surface area contributed by atoms with Gasteiger partial charge in [0, 0.05) is 44.2 Å². The molecule has 2 aliphatic rings. The lowest BCUT2D eigenvalue weighted by atomic mass is 9.97. The predicted molar refractivity (Wildman–Crippen MR) is 85.6 cm³/mol. The van der Waals surface area contributed by atoms with E-state index in [0.29, 0.717) is 6.54 Å². The fourth-order valence-corrected chi connectivity index (χ4v) is 3.87. The summed E-state index contributed by atoms with van der Waals surface area (Å²) in [6, 6.07) is 5.03. The smallest absolute Gasteiger partial charge is 0.228 e. The molecule has 0 saturated carbocycles. The first-order valence-corrected chi connectivity index (χ1v) is 8.74. The van der Waals surface area contributed by atoms with E-state index in [4.69, 9.17) is 4.74 Å². The van der Waals surface area contributed by atoms with Crippen molar-refractivity contribution in [3.05, 3.63) is 29.6 Å². The van der Waals surface area contributed by atoms with Crippen LogP contribution in [0.4, 0.5) is 4.39 Å². The Kier molecular flexibility index (Phi) is 4.88. The molecule has 4 nitrogen and oxygen atoms in total. The van der Waals surface area contributed by atoms with Crippen LogP contribution >= 0.6 is 11.8 Å². The highest BCUT2D eigenvalue weighted by Crippen LogP contribution is 2.24. The van der Waals surface area contributed by atoms with Crippen LogP contribution in [0, 0.1) is 11.7 Å². The Hall–Kier alpha value is -1.27. The Bertz CT molecular complexity index is 543. The van der Waals surface area contributed by atoms with Crippen LogP contribution in [0.15, 0.2) is 18.2 Å². The molecule has 22 heavy (non-hydrogen) atoms. The Labute approximate surface area is 134 Å². The summed E-state index contributed by atoms with van der Waals surface area (Å²) >= 11 is 1.91. The molecule has 0 radical (unpaired) electrons. The summed E-state index contributed by atoms with van der Waals surface area (Å²) in [5.41, 5.74) is 0.915. The van der Waals surface area contributed by atoms with Gasteiger partial charge < -0.3 is 9.64 Å². The van der Waals surface area contributed by atoms with Crippen molar-refractivity contribution >= 4 is 17.7 Å². The van der Waals surface area contributed by atoms with E-state index in [2.05, 4.69) is 4.90 Å². The minimum absolute atomic E-state index is 0.117. The van der Waals surface area contributed by atoms with Crippen LogP contribution in [0.5, 0.6) is 5.75 Å². The molecule has 0 N–H and O–H groups in total. The number of ether oxygens (including phenoxy) is 1. The zero-order valence-electron chi connectivity index (χ0n) is 12.8. The fraction of sp³-hybridized carbons (Fsp3) is 0.562. The number of methoxy groups -OCH3 is 1. The van der Waals surface area contributed by atoms with Crippen molar-refractivity contribution in [3.63, 3.8) is 0 Å². The molecule has 2 fully saturated rings. The van der Waals surface area contributed by atoms with Crippen molar-refractivity contribution in [1.29, 1.82) is 0 Å². The van der Waals surface area contributed by atoms with Gasteiger partial charge in [-0.05, 0) is 17.7 Å². The van der Waals surface area contributed by atoms with Gasteiger partial charge in [0.25, 0.3) is 0 Å². The number of carbonyl (C=O) groups is 1. The summed E-state index contributed by atoms with van der Waals surface area (Å²) in [4.78, 5) is 16.5. The van der Waals surface area contributed by atoms with Crippen molar-refractivity contribution in [3.8, 4) is 5.75 Å². The van der Waals surface area contributed by atoms with Crippen LogP contribution in [0.1, 0.15) is 5.56 Å². The van der Waals surface area contributed by atoms with Crippen molar-refractivity contribution in [2.45, 2.75) is 6.54 Å². The third-order valence-electron chi connectivity index (χ3n) is 4.25. The summed E-state index contributed by atoms with van der Waals surface area (Å²) in [6.07, 6.45) is 0. The van der Waals surface area contributed by atoms with Gasteiger partial charge in [-0.3, -0.25) is 9.69 Å². The summed E-state index contributed by atoms with van der Waals surface area (Å²) < 4.78 is 18.6. The van der Waals surface area contributed by atoms with Gasteiger partial charge in [-0.25, -0.2) is 4.39 Å². The van der Waals surface area contributed by atoms with E-state index in [1.54, 1.807) is 6.07 Å². The molecule has 2 saturated heterocycles. The number of carbonyl (C=O) groups excluding carboxylic acids is 1. The topological polar surface area (TPSA) is 32.8 Å². The molecule has 2 heterocycles. The summed E-state index contributed by atoms with van der Waals surface area (Å²) in [5.74, 6) is 2.44. The van der Waals surface area contributed by atoms with E-state index < -0.39 is 0 Å². The lowest BCUT2D eigenvalue weighted by Gasteiger charge is -2.41. The summed E-state index contributed by atoms with van der Waals surface area (Å²) in [6.45, 7) is 3.99. The Morgan fingerprint density at radius 1 is 1.36 bits per heavy atom. The maximum absolute atomic E-state index is 13.7. The molecule has 0 atom stereocenters. The highest BCUT2D eigenvalue weighted by atomic mass is 32.2. The number of rotatable bonds is 4. The molecule has 0 aliphatic carbocycles. The van der Waals surface area contributed by atoms with E-state index in [1.807, 2.05) is 22.7 Å². The second kappa shape index (κ2) is 6.87. The van der Waals surface area contributed by atoms with Gasteiger partial charge in [0.15, 0.2) is 11.6 Å². The Morgan fingerprint density at radius 2 is 2.09 bits per heavy atom. The third-order valence-corrected chi connectivity index (χ3v) is 5.19. The number of halogens is 1. The minimum Gasteiger partial charge on any atom is -0.494 e. The van der Waals surface area contributed by atoms with Crippen LogP contribution in [-0.2, 0) is 11.3 Å². The first-order chi connectivity index (χ1) is 10.7. The van der Waals surface area contributed by atoms with E-state index in [9.17, 15) is 9.18 Å². The predicted octanol–water partition coefficient (Wildman–Crippen LogP) is 1.84. The number of thioether (sulfide) groups is 1. The highest BCUT2D eigenvalue weighted by molar-refractivity contribution is 7.99. The lowest BCUT2D eigenvalue weighted by molar-refractivity contribution is -0.141. The van der Waals surface area contributed by atoms with Crippen LogP contribution in [-0.4, -0.2) is 60.5 Å². The molecular weight excluding hydrogens is 303 g/mol. The van der Waals surface area contributed by atoms with Crippen molar-refractivity contribution in [2.24, 2.45) is 5.92 Å². The molecule has 2 aliphatic heterocycles. The number of likely N-dealkylation sites (tertiary alicyclic amines) is 1. The standard InChI is InChI=1S/C16H21FN2O2S/c1-21-15-3-2-12(8-14(15)17)9-18-10-13(11-18)16(20)19-4-6-22-7-5-19/h2-3,8,13H,4-7,9-11H2,1H3. The van der Waals surface area contributed by atoms with Crippen LogP contribution in [0.3, 0.4) is 0 Å². The van der Waals surface area contributed by atoms with Crippen molar-refractivity contribution in [1.82, 2.24) is 9.80 Å². The molecule has 6 heteroatoms. The molecule has 120 valence electrons. The Morgan fingerprint density at radius 3 is 2.73 bits per heavy atom. The molecule has 0 spiro atoms. The van der Waals surface area contributed by atoms with E-state index >= 15 is 0 Å². The minimum atomic E-state index is -0.334. The molecule has 1 amide bonds. The average molecular weight is 324 g/mol. The zero-order chi connectivity index (χ0) is 15.5. The molecule has 0 unspecified atom stereocenters. The van der Waals surface area contributed by atoms with Crippen LogP contribution < -0.4 is 4.74 Å². The lowest BCUT2D eigenvalue weighted by Crippen LogP contribution is -2.55. The zero-order valence-corrected chi connectivity index (χ0v) is 13.6. The average Bonchev–Trinajstić information content (AvgIpc) is 2.51. The van der Waals surface area contributed by atoms with Gasteiger partial charge in [-0.1, -0.05) is 6.07 Å². The van der Waals surface area contributed by atoms with Gasteiger partial charge in [0.1, 0.15) is 0 Å². The van der Waals surface area contributed by atoms with Gasteiger partial charge in [0.05, 0.1) is 13.0 Å². The number of amides is 1. The first kappa shape index (κ1) is 15.6. The van der Waals surface area contributed by atoms with Gasteiger partial charge in [-0.15, -0.1) is 0 Å². The number of nitrogens with zero attached hydrogens (tertiary/aromatic N) is 2. The second-order valence-corrected chi connectivity index (χ2v) is 7.02. The monoisotopic (exact) mass is 324 g/mol. The van der Waals surface area contributed by atoms with Crippen LogP contribution in [0.25, 0.3) is 0 Å². The molecule has 1 aromatic rings.